The molecule has 6 heteroatoms. The Bertz CT molecular complexity index is 497. The predicted molar refractivity (Wildman–Crippen MR) is 77.7 cm³/mol. The van der Waals surface area contributed by atoms with E-state index in [0.29, 0.717) is 11.6 Å². The lowest BCUT2D eigenvalue weighted by atomic mass is 10.1. The highest BCUT2D eigenvalue weighted by molar-refractivity contribution is 6.34. The first kappa shape index (κ1) is 16.6. The molecule has 0 atom stereocenters. The fourth-order valence-corrected chi connectivity index (χ4v) is 2.06. The largest absolute Gasteiger partial charge is 0.389 e. The summed E-state index contributed by atoms with van der Waals surface area (Å²) in [5.41, 5.74) is -0.644. The molecule has 0 aliphatic rings. The average molecular weight is 299 g/mol. The molecule has 1 aromatic carbocycles. The summed E-state index contributed by atoms with van der Waals surface area (Å²) >= 11 is 5.88. The molecule has 0 spiro atoms. The Labute approximate surface area is 123 Å². The second-order valence-electron chi connectivity index (χ2n) is 5.34. The highest BCUT2D eigenvalue weighted by Crippen LogP contribution is 2.14. The number of carbonyl (C=O) groups excluding carboxylic acids is 2. The first-order chi connectivity index (χ1) is 9.19. The summed E-state index contributed by atoms with van der Waals surface area (Å²) < 4.78 is 0. The standard InChI is InChI=1S/C14H19ClN2O3/c1-14(2,20)9-17(3)8-12(18)16-13(19)10-6-4-5-7-11(10)15/h4-7,20H,8-9H2,1-3H3,(H,16,18,19). The van der Waals surface area contributed by atoms with E-state index >= 15 is 0 Å². The van der Waals surface area contributed by atoms with Gasteiger partial charge in [0.1, 0.15) is 0 Å². The van der Waals surface area contributed by atoms with Crippen LogP contribution < -0.4 is 5.32 Å². The van der Waals surface area contributed by atoms with Crippen molar-refractivity contribution in [3.8, 4) is 0 Å². The normalized spacial score (nSPS) is 11.5. The van der Waals surface area contributed by atoms with Gasteiger partial charge < -0.3 is 5.11 Å². The van der Waals surface area contributed by atoms with E-state index in [-0.39, 0.29) is 12.1 Å². The predicted octanol–water partition coefficient (Wildman–Crippen LogP) is 1.30. The van der Waals surface area contributed by atoms with Crippen LogP contribution in [0.15, 0.2) is 24.3 Å². The van der Waals surface area contributed by atoms with E-state index in [1.165, 1.54) is 0 Å². The van der Waals surface area contributed by atoms with Crippen molar-refractivity contribution in [1.29, 1.82) is 0 Å². The third-order valence-corrected chi connectivity index (χ3v) is 2.77. The minimum atomic E-state index is -0.901. The van der Waals surface area contributed by atoms with Crippen molar-refractivity contribution in [3.63, 3.8) is 0 Å². The van der Waals surface area contributed by atoms with Gasteiger partial charge in [-0.2, -0.15) is 0 Å². The minimum Gasteiger partial charge on any atom is -0.389 e. The Hall–Kier alpha value is -1.43. The number of imide groups is 1. The van der Waals surface area contributed by atoms with Gasteiger partial charge in [0, 0.05) is 6.54 Å². The van der Waals surface area contributed by atoms with Crippen LogP contribution in [0.1, 0.15) is 24.2 Å². The van der Waals surface area contributed by atoms with Crippen molar-refractivity contribution < 1.29 is 14.7 Å². The van der Waals surface area contributed by atoms with E-state index in [1.54, 1.807) is 50.1 Å². The molecule has 20 heavy (non-hydrogen) atoms. The van der Waals surface area contributed by atoms with Crippen LogP contribution in [0.25, 0.3) is 0 Å². The first-order valence-electron chi connectivity index (χ1n) is 6.18. The number of rotatable bonds is 5. The van der Waals surface area contributed by atoms with Crippen LogP contribution >= 0.6 is 11.6 Å². The van der Waals surface area contributed by atoms with Gasteiger partial charge >= 0.3 is 0 Å². The maximum absolute atomic E-state index is 11.9. The molecule has 0 aliphatic heterocycles. The molecule has 0 aliphatic carbocycles. The quantitative estimate of drug-likeness (QED) is 0.860. The summed E-state index contributed by atoms with van der Waals surface area (Å²) in [5.74, 6) is -0.973. The molecule has 1 rings (SSSR count). The summed E-state index contributed by atoms with van der Waals surface area (Å²) in [5, 5.41) is 12.2. The zero-order chi connectivity index (χ0) is 15.3. The second-order valence-corrected chi connectivity index (χ2v) is 5.75. The Morgan fingerprint density at radius 2 is 1.95 bits per heavy atom. The number of amides is 2. The molecule has 2 N–H and O–H groups in total. The number of nitrogens with one attached hydrogen (secondary N) is 1. The summed E-state index contributed by atoms with van der Waals surface area (Å²) in [6, 6.07) is 6.51. The molecule has 0 heterocycles. The fourth-order valence-electron chi connectivity index (χ4n) is 1.84. The molecule has 0 saturated carbocycles. The van der Waals surface area contributed by atoms with Gasteiger partial charge in [0.25, 0.3) is 5.91 Å². The topological polar surface area (TPSA) is 69.6 Å². The summed E-state index contributed by atoms with van der Waals surface area (Å²) in [4.78, 5) is 25.2. The van der Waals surface area contributed by atoms with Crippen LogP contribution in [0.3, 0.4) is 0 Å². The van der Waals surface area contributed by atoms with E-state index in [1.807, 2.05) is 0 Å². The van der Waals surface area contributed by atoms with Gasteiger partial charge in [-0.3, -0.25) is 19.8 Å². The Kier molecular flexibility index (Phi) is 5.68. The highest BCUT2D eigenvalue weighted by Gasteiger charge is 2.19. The van der Waals surface area contributed by atoms with Crippen LogP contribution in [-0.2, 0) is 4.79 Å². The molecule has 0 aromatic heterocycles. The minimum absolute atomic E-state index is 0.0141. The van der Waals surface area contributed by atoms with E-state index in [4.69, 9.17) is 11.6 Å². The van der Waals surface area contributed by atoms with Crippen LogP contribution in [0.4, 0.5) is 0 Å². The van der Waals surface area contributed by atoms with Crippen molar-refractivity contribution in [3.05, 3.63) is 34.9 Å². The average Bonchev–Trinajstić information content (AvgIpc) is 2.25. The Morgan fingerprint density at radius 3 is 2.50 bits per heavy atom. The Morgan fingerprint density at radius 1 is 1.35 bits per heavy atom. The number of halogens is 1. The van der Waals surface area contributed by atoms with Gasteiger partial charge in [-0.05, 0) is 33.0 Å². The molecule has 1 aromatic rings. The fraction of sp³-hybridized carbons (Fsp3) is 0.429. The molecule has 0 bridgehead atoms. The number of hydrogen-bond acceptors (Lipinski definition) is 4. The van der Waals surface area contributed by atoms with E-state index in [9.17, 15) is 14.7 Å². The molecule has 110 valence electrons. The number of likely N-dealkylation sites (N-methyl/N-ethyl adjacent to an activating group) is 1. The van der Waals surface area contributed by atoms with E-state index < -0.39 is 17.4 Å². The van der Waals surface area contributed by atoms with Crippen LogP contribution in [0, 0.1) is 0 Å². The highest BCUT2D eigenvalue weighted by atomic mass is 35.5. The number of carbonyl (C=O) groups is 2. The number of benzene rings is 1. The zero-order valence-corrected chi connectivity index (χ0v) is 12.6. The molecule has 0 saturated heterocycles. The molecule has 0 radical (unpaired) electrons. The van der Waals surface area contributed by atoms with Crippen molar-refractivity contribution in [2.24, 2.45) is 0 Å². The number of hydrogen-bond donors (Lipinski definition) is 2. The second kappa shape index (κ2) is 6.83. The van der Waals surface area contributed by atoms with E-state index in [2.05, 4.69) is 5.32 Å². The first-order valence-corrected chi connectivity index (χ1v) is 6.56. The van der Waals surface area contributed by atoms with Crippen molar-refractivity contribution >= 4 is 23.4 Å². The molecule has 0 unspecified atom stereocenters. The summed E-state index contributed by atoms with van der Waals surface area (Å²) in [6.07, 6.45) is 0. The smallest absolute Gasteiger partial charge is 0.259 e. The van der Waals surface area contributed by atoms with E-state index in [0.717, 1.165) is 0 Å². The molecule has 2 amide bonds. The SMILES string of the molecule is CN(CC(=O)NC(=O)c1ccccc1Cl)CC(C)(C)O. The Balaban J connectivity index is 2.55. The van der Waals surface area contributed by atoms with Crippen molar-refractivity contribution in [2.75, 3.05) is 20.1 Å². The zero-order valence-electron chi connectivity index (χ0n) is 11.8. The van der Waals surface area contributed by atoms with Gasteiger partial charge in [0.2, 0.25) is 5.91 Å². The van der Waals surface area contributed by atoms with Gasteiger partial charge in [-0.1, -0.05) is 23.7 Å². The van der Waals surface area contributed by atoms with Crippen LogP contribution in [0.2, 0.25) is 5.02 Å². The van der Waals surface area contributed by atoms with Gasteiger partial charge in [-0.15, -0.1) is 0 Å². The third-order valence-electron chi connectivity index (χ3n) is 2.44. The van der Waals surface area contributed by atoms with Crippen molar-refractivity contribution in [1.82, 2.24) is 10.2 Å². The van der Waals surface area contributed by atoms with Crippen molar-refractivity contribution in [2.45, 2.75) is 19.4 Å². The monoisotopic (exact) mass is 298 g/mol. The summed E-state index contributed by atoms with van der Waals surface area (Å²) in [7, 11) is 1.69. The molecule has 5 nitrogen and oxygen atoms in total. The molecular weight excluding hydrogens is 280 g/mol. The number of aliphatic hydroxyl groups is 1. The van der Waals surface area contributed by atoms with Gasteiger partial charge in [0.05, 0.1) is 22.7 Å². The maximum atomic E-state index is 11.9. The lowest BCUT2D eigenvalue weighted by molar-refractivity contribution is -0.121. The van der Waals surface area contributed by atoms with Gasteiger partial charge in [-0.25, -0.2) is 0 Å². The lowest BCUT2D eigenvalue weighted by Gasteiger charge is -2.24. The third kappa shape index (κ3) is 5.69. The lowest BCUT2D eigenvalue weighted by Crippen LogP contribution is -2.43. The summed E-state index contributed by atoms with van der Waals surface area (Å²) in [6.45, 7) is 3.63. The van der Waals surface area contributed by atoms with Crippen LogP contribution in [0.5, 0.6) is 0 Å². The van der Waals surface area contributed by atoms with Gasteiger partial charge in [0.15, 0.2) is 0 Å². The maximum Gasteiger partial charge on any atom is 0.259 e. The number of nitrogens with zero attached hydrogens (tertiary/aromatic N) is 1. The molecule has 0 fully saturated rings. The van der Waals surface area contributed by atoms with Crippen LogP contribution in [-0.4, -0.2) is 47.6 Å². The molecular formula is C14H19ClN2O3.